The van der Waals surface area contributed by atoms with Crippen molar-refractivity contribution < 1.29 is 4.79 Å². The highest BCUT2D eigenvalue weighted by Gasteiger charge is 1.62. The number of nitrogens with zero attached hydrogens (tertiary/aromatic N) is 2. The van der Waals surface area contributed by atoms with E-state index >= 15 is 0 Å². The summed E-state index contributed by atoms with van der Waals surface area (Å²) < 4.78 is 0. The van der Waals surface area contributed by atoms with Crippen LogP contribution in [0.1, 0.15) is 7.43 Å². The van der Waals surface area contributed by atoms with Crippen molar-refractivity contribution in [3.63, 3.8) is 0 Å². The number of hydrogen-bond donors (Lipinski definition) is 0. The van der Waals surface area contributed by atoms with Gasteiger partial charge in [0.15, 0.2) is 0 Å². The maximum atomic E-state index is 9.12. The van der Waals surface area contributed by atoms with Crippen molar-refractivity contribution in [2.75, 3.05) is 6.54 Å². The molecule has 0 fully saturated rings. The molecule has 0 unspecified atom stereocenters. The zero-order valence-corrected chi connectivity index (χ0v) is 3.01. The minimum Gasteiger partial charge on any atom is -0.211 e. The van der Waals surface area contributed by atoms with E-state index in [4.69, 9.17) is 10.1 Å². The minimum absolute atomic E-state index is 0. The molecule has 0 heterocycles. The number of carbonyl (C=O) groups excluding carboxylic acids is 1. The number of isocyanates is 1. The third-order valence-electron chi connectivity index (χ3n) is 0.214. The van der Waals surface area contributed by atoms with Crippen LogP contribution < -0.4 is 0 Å². The Labute approximate surface area is 42.3 Å². The molecule has 0 radical (unpaired) electrons. The number of nitriles is 1. The maximum absolute atomic E-state index is 9.12. The molecule has 0 aliphatic carbocycles. The molecule has 0 spiro atoms. The highest BCUT2D eigenvalue weighted by molar-refractivity contribution is 5.33. The van der Waals surface area contributed by atoms with Gasteiger partial charge in [-0.05, 0) is 0 Å². The topological polar surface area (TPSA) is 53.2 Å². The Kier molecular flexibility index (Phi) is 11.8. The Bertz CT molecular complexity index is 107. The molecule has 38 valence electrons. The van der Waals surface area contributed by atoms with E-state index in [2.05, 4.69) is 4.99 Å². The van der Waals surface area contributed by atoms with Crippen molar-refractivity contribution in [3.05, 3.63) is 0 Å². The van der Waals surface area contributed by atoms with Crippen LogP contribution in [-0.2, 0) is 4.79 Å². The summed E-state index contributed by atoms with van der Waals surface area (Å²) in [5.41, 5.74) is 0. The van der Waals surface area contributed by atoms with Gasteiger partial charge >= 0.3 is 0 Å². The van der Waals surface area contributed by atoms with Gasteiger partial charge in [-0.1, -0.05) is 7.43 Å². The molecule has 3 nitrogen and oxygen atoms in total. The second-order valence-electron chi connectivity index (χ2n) is 0.566. The van der Waals surface area contributed by atoms with Crippen LogP contribution in [0.4, 0.5) is 0 Å². The molecule has 0 aromatic heterocycles. The first-order valence-corrected chi connectivity index (χ1v) is 1.32. The molecule has 0 bridgehead atoms. The first-order chi connectivity index (χ1) is 2.91. The fraction of sp³-hybridized carbons (Fsp3) is 0.500. The maximum Gasteiger partial charge on any atom is 0.236 e. The third-order valence-corrected chi connectivity index (χ3v) is 0.214. The summed E-state index contributed by atoms with van der Waals surface area (Å²) in [5, 5.41) is 7.67. The smallest absolute Gasteiger partial charge is 0.211 e. The Morgan fingerprint density at radius 2 is 2.29 bits per heavy atom. The van der Waals surface area contributed by atoms with Gasteiger partial charge in [-0.2, -0.15) is 10.3 Å². The lowest BCUT2D eigenvalue weighted by molar-refractivity contribution is 0.564. The highest BCUT2D eigenvalue weighted by Crippen LogP contribution is 1.54. The largest absolute Gasteiger partial charge is 0.236 e. The van der Waals surface area contributed by atoms with Gasteiger partial charge in [-0.15, -0.1) is 0 Å². The Morgan fingerprint density at radius 1 is 1.71 bits per heavy atom. The molecule has 0 aromatic carbocycles. The van der Waals surface area contributed by atoms with Gasteiger partial charge in [-0.3, -0.25) is 0 Å². The van der Waals surface area contributed by atoms with Crippen LogP contribution >= 0.6 is 0 Å². The van der Waals surface area contributed by atoms with E-state index in [0.29, 0.717) is 0 Å². The second kappa shape index (κ2) is 8.85. The molecule has 0 N–H and O–H groups in total. The standard InChI is InChI=1S/C3H2N2O.CH4/c4-1-2-5-3-6;/h2H2;1H4. The zero-order chi connectivity index (χ0) is 4.83. The van der Waals surface area contributed by atoms with E-state index in [-0.39, 0.29) is 14.0 Å². The van der Waals surface area contributed by atoms with Gasteiger partial charge in [0.05, 0.1) is 6.07 Å². The van der Waals surface area contributed by atoms with Gasteiger partial charge in [0.1, 0.15) is 6.54 Å². The summed E-state index contributed by atoms with van der Waals surface area (Å²) in [5.74, 6) is 0. The molecule has 0 saturated heterocycles. The number of aliphatic imine (C=N–C) groups is 1. The fourth-order valence-corrected chi connectivity index (χ4v) is 0.0676. The molecular formula is C4H6N2O. The normalized spacial score (nSPS) is 4.43. The average molecular weight is 98.1 g/mol. The van der Waals surface area contributed by atoms with Gasteiger partial charge < -0.3 is 0 Å². The van der Waals surface area contributed by atoms with Crippen LogP contribution in [0.25, 0.3) is 0 Å². The lowest BCUT2D eigenvalue weighted by Crippen LogP contribution is -1.64. The molecule has 7 heavy (non-hydrogen) atoms. The summed E-state index contributed by atoms with van der Waals surface area (Å²) in [6.07, 6.45) is 1.22. The van der Waals surface area contributed by atoms with Gasteiger partial charge in [0.2, 0.25) is 6.08 Å². The predicted octanol–water partition coefficient (Wildman–Crippen LogP) is 0.482. The number of rotatable bonds is 1. The molecular weight excluding hydrogens is 92.1 g/mol. The van der Waals surface area contributed by atoms with Crippen molar-refractivity contribution >= 4 is 6.08 Å². The Morgan fingerprint density at radius 3 is 2.43 bits per heavy atom. The summed E-state index contributed by atoms with van der Waals surface area (Å²) in [6, 6.07) is 1.64. The summed E-state index contributed by atoms with van der Waals surface area (Å²) >= 11 is 0. The van der Waals surface area contributed by atoms with Crippen molar-refractivity contribution in [1.29, 1.82) is 5.26 Å². The van der Waals surface area contributed by atoms with E-state index < -0.39 is 0 Å². The molecule has 3 heteroatoms. The zero-order valence-electron chi connectivity index (χ0n) is 3.01. The first-order valence-electron chi connectivity index (χ1n) is 1.32. The predicted molar refractivity (Wildman–Crippen MR) is 25.3 cm³/mol. The second-order valence-corrected chi connectivity index (χ2v) is 0.566. The van der Waals surface area contributed by atoms with E-state index in [1.807, 2.05) is 0 Å². The quantitative estimate of drug-likeness (QED) is 0.272. The van der Waals surface area contributed by atoms with E-state index in [1.54, 1.807) is 6.07 Å². The fourth-order valence-electron chi connectivity index (χ4n) is 0.0676. The monoisotopic (exact) mass is 98.0 g/mol. The lowest BCUT2D eigenvalue weighted by atomic mass is 10.8. The van der Waals surface area contributed by atoms with Crippen LogP contribution in [0.15, 0.2) is 4.99 Å². The first kappa shape index (κ1) is 9.30. The van der Waals surface area contributed by atoms with Crippen molar-refractivity contribution in [1.82, 2.24) is 0 Å². The molecule has 0 saturated carbocycles. The Hall–Kier alpha value is -1.13. The molecule has 0 aromatic rings. The van der Waals surface area contributed by atoms with Crippen molar-refractivity contribution in [2.45, 2.75) is 7.43 Å². The van der Waals surface area contributed by atoms with E-state index in [1.165, 1.54) is 6.08 Å². The molecule has 0 aliphatic rings. The van der Waals surface area contributed by atoms with Crippen LogP contribution in [0.3, 0.4) is 0 Å². The highest BCUT2D eigenvalue weighted by atomic mass is 16.1. The van der Waals surface area contributed by atoms with Crippen molar-refractivity contribution in [2.24, 2.45) is 4.99 Å². The van der Waals surface area contributed by atoms with Crippen LogP contribution in [0.2, 0.25) is 0 Å². The van der Waals surface area contributed by atoms with Gasteiger partial charge in [-0.25, -0.2) is 4.79 Å². The molecule has 0 rings (SSSR count). The molecule has 0 atom stereocenters. The summed E-state index contributed by atoms with van der Waals surface area (Å²) in [6.45, 7) is -0.0799. The molecule has 0 amide bonds. The van der Waals surface area contributed by atoms with Gasteiger partial charge in [0, 0.05) is 0 Å². The van der Waals surface area contributed by atoms with Crippen LogP contribution in [-0.4, -0.2) is 12.6 Å². The van der Waals surface area contributed by atoms with Crippen LogP contribution in [0, 0.1) is 11.3 Å². The van der Waals surface area contributed by atoms with Crippen LogP contribution in [0.5, 0.6) is 0 Å². The lowest BCUT2D eigenvalue weighted by Gasteiger charge is -1.56. The summed E-state index contributed by atoms with van der Waals surface area (Å²) in [7, 11) is 0. The van der Waals surface area contributed by atoms with E-state index in [0.717, 1.165) is 0 Å². The Balaban J connectivity index is 0. The number of hydrogen-bond acceptors (Lipinski definition) is 3. The van der Waals surface area contributed by atoms with Crippen molar-refractivity contribution in [3.8, 4) is 6.07 Å². The third kappa shape index (κ3) is 11.5. The minimum atomic E-state index is -0.0799. The van der Waals surface area contributed by atoms with E-state index in [9.17, 15) is 0 Å². The average Bonchev–Trinajstić information content (AvgIpc) is 1.61. The molecule has 0 aliphatic heterocycles. The van der Waals surface area contributed by atoms with Gasteiger partial charge in [0.25, 0.3) is 0 Å². The SMILES string of the molecule is C.N#CCN=C=O. The summed E-state index contributed by atoms with van der Waals surface area (Å²) in [4.78, 5) is 12.0.